The van der Waals surface area contributed by atoms with Crippen molar-refractivity contribution in [1.82, 2.24) is 0 Å². The van der Waals surface area contributed by atoms with Gasteiger partial charge in [0.1, 0.15) is 6.04 Å². The Labute approximate surface area is 52.9 Å². The average Bonchev–Trinajstić information content (AvgIpc) is 1.83. The van der Waals surface area contributed by atoms with Crippen molar-refractivity contribution in [3.05, 3.63) is 4.91 Å². The molecule has 0 saturated heterocycles. The number of halogens is 1. The van der Waals surface area contributed by atoms with Gasteiger partial charge in [0.05, 0.1) is 12.5 Å². The predicted molar refractivity (Wildman–Crippen MR) is 32.2 cm³/mol. The molecule has 0 N–H and O–H groups in total. The summed E-state index contributed by atoms with van der Waals surface area (Å²) in [6.07, 6.45) is 0. The summed E-state index contributed by atoms with van der Waals surface area (Å²) in [4.78, 5) is 9.71. The molecule has 0 aromatic heterocycles. The molecule has 8 heavy (non-hydrogen) atoms. The van der Waals surface area contributed by atoms with Crippen LogP contribution in [0.2, 0.25) is 0 Å². The number of methoxy groups -OCH3 is 1. The first kappa shape index (κ1) is 7.85. The molecule has 0 aliphatic carbocycles. The van der Waals surface area contributed by atoms with Crippen LogP contribution in [0, 0.1) is 4.91 Å². The third-order valence-electron chi connectivity index (χ3n) is 0.686. The summed E-state index contributed by atoms with van der Waals surface area (Å²) in [5.41, 5.74) is 0. The van der Waals surface area contributed by atoms with Crippen LogP contribution in [0.25, 0.3) is 0 Å². The van der Waals surface area contributed by atoms with Gasteiger partial charge in [0, 0.05) is 7.11 Å². The summed E-state index contributed by atoms with van der Waals surface area (Å²) in [7, 11) is 1.50. The fourth-order valence-electron chi connectivity index (χ4n) is 0.296. The Morgan fingerprint density at radius 1 is 1.88 bits per heavy atom. The van der Waals surface area contributed by atoms with Crippen molar-refractivity contribution in [2.75, 3.05) is 19.6 Å². The summed E-state index contributed by atoms with van der Waals surface area (Å²) in [5.74, 6) is 0.233. The van der Waals surface area contributed by atoms with Crippen LogP contribution in [0.3, 0.4) is 0 Å². The minimum absolute atomic E-state index is 0.233. The second-order valence-electron chi connectivity index (χ2n) is 1.37. The van der Waals surface area contributed by atoms with Crippen LogP contribution >= 0.6 is 11.6 Å². The molecule has 0 heterocycles. The molecule has 0 aliphatic heterocycles. The van der Waals surface area contributed by atoms with Gasteiger partial charge >= 0.3 is 0 Å². The Kier molecular flexibility index (Phi) is 4.90. The average molecular weight is 138 g/mol. The van der Waals surface area contributed by atoms with Gasteiger partial charge in [-0.25, -0.2) is 0 Å². The lowest BCUT2D eigenvalue weighted by Gasteiger charge is -1.99. The van der Waals surface area contributed by atoms with E-state index in [1.807, 2.05) is 0 Å². The van der Waals surface area contributed by atoms with Crippen molar-refractivity contribution in [1.29, 1.82) is 0 Å². The van der Waals surface area contributed by atoms with E-state index in [9.17, 15) is 4.91 Å². The maximum Gasteiger partial charge on any atom is 0.129 e. The fourth-order valence-corrected chi connectivity index (χ4v) is 0.441. The van der Waals surface area contributed by atoms with Gasteiger partial charge in [-0.3, -0.25) is 0 Å². The van der Waals surface area contributed by atoms with E-state index in [1.54, 1.807) is 0 Å². The van der Waals surface area contributed by atoms with Gasteiger partial charge in [-0.05, 0) is 0 Å². The van der Waals surface area contributed by atoms with E-state index in [-0.39, 0.29) is 11.9 Å². The molecule has 0 bridgehead atoms. The lowest BCUT2D eigenvalue weighted by atomic mass is 10.4. The Bertz CT molecular complexity index is 69.1. The highest BCUT2D eigenvalue weighted by molar-refractivity contribution is 6.18. The maximum atomic E-state index is 9.71. The number of nitrogens with zero attached hydrogens (tertiary/aromatic N) is 1. The number of alkyl halides is 1. The smallest absolute Gasteiger partial charge is 0.129 e. The SMILES string of the molecule is COCC(CCl)N=O. The first-order chi connectivity index (χ1) is 3.85. The molecule has 3 nitrogen and oxygen atoms in total. The molecule has 1 atom stereocenters. The van der Waals surface area contributed by atoms with E-state index in [4.69, 9.17) is 11.6 Å². The van der Waals surface area contributed by atoms with Crippen molar-refractivity contribution in [3.8, 4) is 0 Å². The number of nitroso groups, excluding NO2 is 1. The van der Waals surface area contributed by atoms with Gasteiger partial charge in [-0.15, -0.1) is 11.6 Å². The van der Waals surface area contributed by atoms with Crippen molar-refractivity contribution >= 4 is 11.6 Å². The summed E-state index contributed by atoms with van der Waals surface area (Å²) in [6.45, 7) is 0.312. The first-order valence-electron chi connectivity index (χ1n) is 2.22. The molecule has 0 rings (SSSR count). The van der Waals surface area contributed by atoms with Crippen LogP contribution in [-0.2, 0) is 4.74 Å². The molecule has 0 radical (unpaired) electrons. The van der Waals surface area contributed by atoms with Gasteiger partial charge in [0.2, 0.25) is 0 Å². The largest absolute Gasteiger partial charge is 0.382 e. The third-order valence-corrected chi connectivity index (χ3v) is 1.04. The first-order valence-corrected chi connectivity index (χ1v) is 2.76. The van der Waals surface area contributed by atoms with Crippen LogP contribution in [0.5, 0.6) is 0 Å². The van der Waals surface area contributed by atoms with E-state index < -0.39 is 0 Å². The van der Waals surface area contributed by atoms with E-state index in [0.717, 1.165) is 0 Å². The Morgan fingerprint density at radius 3 is 2.62 bits per heavy atom. The van der Waals surface area contributed by atoms with E-state index >= 15 is 0 Å². The fraction of sp³-hybridized carbons (Fsp3) is 1.00. The molecule has 4 heteroatoms. The zero-order valence-electron chi connectivity index (χ0n) is 4.63. The molecule has 1 unspecified atom stereocenters. The second-order valence-corrected chi connectivity index (χ2v) is 1.68. The summed E-state index contributed by atoms with van der Waals surface area (Å²) >= 11 is 5.27. The third kappa shape index (κ3) is 2.93. The molecule has 0 aromatic carbocycles. The Hall–Kier alpha value is -0.150. The molecule has 0 fully saturated rings. The van der Waals surface area contributed by atoms with E-state index in [2.05, 4.69) is 9.91 Å². The molecule has 0 aliphatic rings. The highest BCUT2D eigenvalue weighted by Gasteiger charge is 2.03. The molecule has 0 spiro atoms. The van der Waals surface area contributed by atoms with Crippen molar-refractivity contribution in [3.63, 3.8) is 0 Å². The number of hydrogen-bond donors (Lipinski definition) is 0. The van der Waals surface area contributed by atoms with Gasteiger partial charge in [0.15, 0.2) is 0 Å². The minimum atomic E-state index is -0.387. The lowest BCUT2D eigenvalue weighted by Crippen LogP contribution is -2.12. The zero-order valence-corrected chi connectivity index (χ0v) is 5.39. The molecule has 0 amide bonds. The molecule has 0 aromatic rings. The maximum absolute atomic E-state index is 9.71. The number of rotatable bonds is 4. The Balaban J connectivity index is 3.21. The lowest BCUT2D eigenvalue weighted by molar-refractivity contribution is 0.186. The highest BCUT2D eigenvalue weighted by atomic mass is 35.5. The van der Waals surface area contributed by atoms with Crippen molar-refractivity contribution in [2.24, 2.45) is 5.18 Å². The van der Waals surface area contributed by atoms with E-state index in [1.165, 1.54) is 7.11 Å². The predicted octanol–water partition coefficient (Wildman–Crippen LogP) is 1.01. The summed E-state index contributed by atoms with van der Waals surface area (Å²) < 4.78 is 4.61. The monoisotopic (exact) mass is 137 g/mol. The number of ether oxygens (including phenoxy) is 1. The zero-order chi connectivity index (χ0) is 6.41. The van der Waals surface area contributed by atoms with Crippen molar-refractivity contribution in [2.45, 2.75) is 6.04 Å². The van der Waals surface area contributed by atoms with Gasteiger partial charge in [0.25, 0.3) is 0 Å². The van der Waals surface area contributed by atoms with Gasteiger partial charge < -0.3 is 4.74 Å². The second kappa shape index (κ2) is 5.00. The topological polar surface area (TPSA) is 38.7 Å². The van der Waals surface area contributed by atoms with Crippen LogP contribution in [0.15, 0.2) is 5.18 Å². The van der Waals surface area contributed by atoms with Crippen LogP contribution in [0.4, 0.5) is 0 Å². The van der Waals surface area contributed by atoms with E-state index in [0.29, 0.717) is 6.61 Å². The normalized spacial score (nSPS) is 13.2. The quantitative estimate of drug-likeness (QED) is 0.429. The molecular formula is C4H8ClNO2. The molecule has 0 saturated carbocycles. The van der Waals surface area contributed by atoms with Gasteiger partial charge in [-0.1, -0.05) is 5.18 Å². The minimum Gasteiger partial charge on any atom is -0.382 e. The van der Waals surface area contributed by atoms with Crippen LogP contribution < -0.4 is 0 Å². The molecule has 48 valence electrons. The standard InChI is InChI=1S/C4H8ClNO2/c1-8-3-4(2-5)6-7/h4H,2-3H2,1H3. The van der Waals surface area contributed by atoms with Gasteiger partial charge in [-0.2, -0.15) is 4.91 Å². The summed E-state index contributed by atoms with van der Waals surface area (Å²) in [6, 6.07) is -0.387. The highest BCUT2D eigenvalue weighted by Crippen LogP contribution is 1.92. The Morgan fingerprint density at radius 2 is 2.50 bits per heavy atom. The molecular weight excluding hydrogens is 130 g/mol. The summed E-state index contributed by atoms with van der Waals surface area (Å²) in [5, 5.41) is 2.69. The van der Waals surface area contributed by atoms with Crippen LogP contribution in [0.1, 0.15) is 0 Å². The number of hydrogen-bond acceptors (Lipinski definition) is 3. The van der Waals surface area contributed by atoms with Crippen molar-refractivity contribution < 1.29 is 4.74 Å². The van der Waals surface area contributed by atoms with Crippen LogP contribution in [-0.4, -0.2) is 25.6 Å².